The monoisotopic (exact) mass is 205 g/mol. The zero-order valence-corrected chi connectivity index (χ0v) is 8.36. The minimum Gasteiger partial charge on any atom is -0.466 e. The standard InChI is InChI=1S/C10H11N3O2/c1-2-15-10(14)4-9-7(5-11)3-8(12)6-13-9/h3,6H,2,4,12H2,1H3. The number of anilines is 1. The highest BCUT2D eigenvalue weighted by Gasteiger charge is 2.10. The number of ether oxygens (including phenoxy) is 1. The van der Waals surface area contributed by atoms with Crippen molar-refractivity contribution < 1.29 is 9.53 Å². The third-order valence-corrected chi connectivity index (χ3v) is 1.73. The van der Waals surface area contributed by atoms with Crippen LogP contribution in [0.2, 0.25) is 0 Å². The first-order valence-corrected chi connectivity index (χ1v) is 4.47. The fraction of sp³-hybridized carbons (Fsp3) is 0.300. The average Bonchev–Trinajstić information content (AvgIpc) is 2.21. The first kappa shape index (κ1) is 11.0. The average molecular weight is 205 g/mol. The molecule has 1 rings (SSSR count). The van der Waals surface area contributed by atoms with Gasteiger partial charge < -0.3 is 10.5 Å². The lowest BCUT2D eigenvalue weighted by atomic mass is 10.1. The first-order chi connectivity index (χ1) is 7.17. The minimum absolute atomic E-state index is 0.00296. The first-order valence-electron chi connectivity index (χ1n) is 4.47. The van der Waals surface area contributed by atoms with Crippen molar-refractivity contribution in [2.24, 2.45) is 0 Å². The van der Waals surface area contributed by atoms with Gasteiger partial charge in [-0.2, -0.15) is 5.26 Å². The molecule has 1 heterocycles. The summed E-state index contributed by atoms with van der Waals surface area (Å²) >= 11 is 0. The SMILES string of the molecule is CCOC(=O)Cc1ncc(N)cc1C#N. The Balaban J connectivity index is 2.86. The molecule has 1 aromatic heterocycles. The van der Waals surface area contributed by atoms with Gasteiger partial charge in [-0.15, -0.1) is 0 Å². The van der Waals surface area contributed by atoms with Gasteiger partial charge in [0.1, 0.15) is 6.07 Å². The van der Waals surface area contributed by atoms with Crippen molar-refractivity contribution in [1.82, 2.24) is 4.98 Å². The molecule has 15 heavy (non-hydrogen) atoms. The fourth-order valence-corrected chi connectivity index (χ4v) is 1.10. The van der Waals surface area contributed by atoms with Crippen LogP contribution in [0.5, 0.6) is 0 Å². The predicted molar refractivity (Wildman–Crippen MR) is 53.7 cm³/mol. The number of nitrogens with two attached hydrogens (primary N) is 1. The molecular weight excluding hydrogens is 194 g/mol. The fourth-order valence-electron chi connectivity index (χ4n) is 1.10. The summed E-state index contributed by atoms with van der Waals surface area (Å²) < 4.78 is 4.76. The number of pyridine rings is 1. The van der Waals surface area contributed by atoms with E-state index >= 15 is 0 Å². The van der Waals surface area contributed by atoms with E-state index in [0.717, 1.165) is 0 Å². The summed E-state index contributed by atoms with van der Waals surface area (Å²) in [6, 6.07) is 3.42. The Morgan fingerprint density at radius 1 is 1.73 bits per heavy atom. The third kappa shape index (κ3) is 2.95. The lowest BCUT2D eigenvalue weighted by Gasteiger charge is -2.03. The normalized spacial score (nSPS) is 9.33. The van der Waals surface area contributed by atoms with E-state index in [9.17, 15) is 4.79 Å². The Labute approximate surface area is 87.5 Å². The van der Waals surface area contributed by atoms with Gasteiger partial charge in [0, 0.05) is 0 Å². The van der Waals surface area contributed by atoms with Crippen LogP contribution in [-0.2, 0) is 16.0 Å². The molecule has 0 saturated heterocycles. The van der Waals surface area contributed by atoms with Gasteiger partial charge in [-0.1, -0.05) is 0 Å². The van der Waals surface area contributed by atoms with Crippen LogP contribution >= 0.6 is 0 Å². The Hall–Kier alpha value is -2.09. The van der Waals surface area contributed by atoms with Gasteiger partial charge in [0.05, 0.1) is 36.2 Å². The Morgan fingerprint density at radius 2 is 2.47 bits per heavy atom. The Kier molecular flexibility index (Phi) is 3.63. The van der Waals surface area contributed by atoms with Crippen LogP contribution in [-0.4, -0.2) is 17.6 Å². The number of carbonyl (C=O) groups is 1. The smallest absolute Gasteiger partial charge is 0.311 e. The van der Waals surface area contributed by atoms with Crippen molar-refractivity contribution in [3.63, 3.8) is 0 Å². The van der Waals surface area contributed by atoms with Gasteiger partial charge in [-0.25, -0.2) is 0 Å². The summed E-state index contributed by atoms with van der Waals surface area (Å²) in [4.78, 5) is 15.1. The molecule has 0 unspecified atom stereocenters. The van der Waals surface area contributed by atoms with Crippen molar-refractivity contribution in [2.75, 3.05) is 12.3 Å². The maximum atomic E-state index is 11.2. The maximum Gasteiger partial charge on any atom is 0.311 e. The van der Waals surface area contributed by atoms with Crippen LogP contribution in [0.25, 0.3) is 0 Å². The molecule has 5 heteroatoms. The number of nitrogen functional groups attached to an aromatic ring is 1. The quantitative estimate of drug-likeness (QED) is 0.731. The molecule has 0 atom stereocenters. The molecule has 0 bridgehead atoms. The number of aromatic nitrogens is 1. The zero-order chi connectivity index (χ0) is 11.3. The number of hydrogen-bond donors (Lipinski definition) is 1. The number of rotatable bonds is 3. The predicted octanol–water partition coefficient (Wildman–Crippen LogP) is 0.641. The lowest BCUT2D eigenvalue weighted by Crippen LogP contribution is -2.10. The second kappa shape index (κ2) is 4.96. The number of nitrogens with zero attached hydrogens (tertiary/aromatic N) is 2. The maximum absolute atomic E-state index is 11.2. The van der Waals surface area contributed by atoms with E-state index in [0.29, 0.717) is 23.6 Å². The van der Waals surface area contributed by atoms with Crippen LogP contribution in [0.4, 0.5) is 5.69 Å². The summed E-state index contributed by atoms with van der Waals surface area (Å²) in [6.07, 6.45) is 1.41. The lowest BCUT2D eigenvalue weighted by molar-refractivity contribution is -0.142. The van der Waals surface area contributed by atoms with E-state index in [-0.39, 0.29) is 6.42 Å². The van der Waals surface area contributed by atoms with Crippen molar-refractivity contribution in [3.05, 3.63) is 23.5 Å². The second-order valence-electron chi connectivity index (χ2n) is 2.86. The van der Waals surface area contributed by atoms with Gasteiger partial charge >= 0.3 is 5.97 Å². The topological polar surface area (TPSA) is 89.0 Å². The van der Waals surface area contributed by atoms with Crippen LogP contribution in [0, 0.1) is 11.3 Å². The van der Waals surface area contributed by atoms with Gasteiger partial charge in [0.15, 0.2) is 0 Å². The molecule has 0 aromatic carbocycles. The van der Waals surface area contributed by atoms with Crippen LogP contribution in [0.15, 0.2) is 12.3 Å². The molecule has 5 nitrogen and oxygen atoms in total. The summed E-state index contributed by atoms with van der Waals surface area (Å²) in [5.74, 6) is -0.397. The molecule has 0 saturated carbocycles. The van der Waals surface area contributed by atoms with E-state index in [1.54, 1.807) is 6.92 Å². The largest absolute Gasteiger partial charge is 0.466 e. The molecule has 0 spiro atoms. The highest BCUT2D eigenvalue weighted by molar-refractivity contribution is 5.73. The van der Waals surface area contributed by atoms with Crippen LogP contribution in [0.3, 0.4) is 0 Å². The van der Waals surface area contributed by atoms with E-state index in [4.69, 9.17) is 15.7 Å². The van der Waals surface area contributed by atoms with Crippen LogP contribution in [0.1, 0.15) is 18.2 Å². The van der Waals surface area contributed by atoms with Crippen molar-refractivity contribution >= 4 is 11.7 Å². The minimum atomic E-state index is -0.397. The van der Waals surface area contributed by atoms with Gasteiger partial charge in [0.2, 0.25) is 0 Å². The molecule has 0 fully saturated rings. The van der Waals surface area contributed by atoms with Crippen molar-refractivity contribution in [2.45, 2.75) is 13.3 Å². The summed E-state index contributed by atoms with van der Waals surface area (Å²) in [5.41, 5.74) is 6.57. The summed E-state index contributed by atoms with van der Waals surface area (Å²) in [5, 5.41) is 8.79. The number of esters is 1. The van der Waals surface area contributed by atoms with E-state index in [2.05, 4.69) is 4.98 Å². The van der Waals surface area contributed by atoms with Crippen molar-refractivity contribution in [3.8, 4) is 6.07 Å². The molecule has 78 valence electrons. The highest BCUT2D eigenvalue weighted by atomic mass is 16.5. The Bertz CT molecular complexity index is 410. The van der Waals surface area contributed by atoms with Crippen molar-refractivity contribution in [1.29, 1.82) is 5.26 Å². The molecule has 0 amide bonds. The van der Waals surface area contributed by atoms with E-state index in [1.807, 2.05) is 6.07 Å². The molecular formula is C10H11N3O2. The van der Waals surface area contributed by atoms with Gasteiger partial charge in [-0.05, 0) is 13.0 Å². The number of hydrogen-bond acceptors (Lipinski definition) is 5. The van der Waals surface area contributed by atoms with E-state index < -0.39 is 5.97 Å². The third-order valence-electron chi connectivity index (χ3n) is 1.73. The zero-order valence-electron chi connectivity index (χ0n) is 8.36. The highest BCUT2D eigenvalue weighted by Crippen LogP contribution is 2.10. The number of carbonyl (C=O) groups excluding carboxylic acids is 1. The Morgan fingerprint density at radius 3 is 3.07 bits per heavy atom. The summed E-state index contributed by atoms with van der Waals surface area (Å²) in [6.45, 7) is 2.04. The van der Waals surface area contributed by atoms with Gasteiger partial charge in [-0.3, -0.25) is 9.78 Å². The summed E-state index contributed by atoms with van der Waals surface area (Å²) in [7, 11) is 0. The van der Waals surface area contributed by atoms with E-state index in [1.165, 1.54) is 12.3 Å². The number of nitriles is 1. The molecule has 1 aromatic rings. The molecule has 0 aliphatic rings. The molecule has 0 aliphatic carbocycles. The second-order valence-corrected chi connectivity index (χ2v) is 2.86. The molecule has 2 N–H and O–H groups in total. The molecule has 0 radical (unpaired) electrons. The molecule has 0 aliphatic heterocycles. The van der Waals surface area contributed by atoms with Crippen LogP contribution < -0.4 is 5.73 Å². The van der Waals surface area contributed by atoms with Gasteiger partial charge in [0.25, 0.3) is 0 Å².